The van der Waals surface area contributed by atoms with E-state index in [4.69, 9.17) is 4.74 Å². The maximum absolute atomic E-state index is 9.48. The molecule has 4 fully saturated rings. The minimum atomic E-state index is -1.40. The second-order valence-corrected chi connectivity index (χ2v) is 7.33. The highest BCUT2D eigenvalue weighted by atomic mass is 16.5. The lowest BCUT2D eigenvalue weighted by atomic mass is 9.50. The maximum Gasteiger partial charge on any atom is 0.488 e. The zero-order valence-corrected chi connectivity index (χ0v) is 12.5. The van der Waals surface area contributed by atoms with Crippen LogP contribution in [0.5, 0.6) is 5.75 Å². The Morgan fingerprint density at radius 3 is 2.14 bits per heavy atom. The first-order valence-corrected chi connectivity index (χ1v) is 8.19. The molecule has 0 aliphatic heterocycles. The second-order valence-electron chi connectivity index (χ2n) is 7.33. The van der Waals surface area contributed by atoms with E-state index in [0.29, 0.717) is 11.4 Å². The average Bonchev–Trinajstić information content (AvgIpc) is 2.46. The van der Waals surface area contributed by atoms with Crippen molar-refractivity contribution in [1.82, 2.24) is 0 Å². The molecule has 1 aromatic carbocycles. The molecular weight excluding hydrogens is 263 g/mol. The monoisotopic (exact) mass is 286 g/mol. The SMILES string of the molecule is COc1ccc(B(O)O)cc1C1C2CC3CC(C2)CC1C3. The summed E-state index contributed by atoms with van der Waals surface area (Å²) in [6, 6.07) is 5.62. The first kappa shape index (κ1) is 13.7. The van der Waals surface area contributed by atoms with E-state index in [1.54, 1.807) is 13.2 Å². The Kier molecular flexibility index (Phi) is 3.27. The van der Waals surface area contributed by atoms with E-state index < -0.39 is 7.12 Å². The van der Waals surface area contributed by atoms with Crippen molar-refractivity contribution in [2.75, 3.05) is 7.11 Å². The van der Waals surface area contributed by atoms with Gasteiger partial charge >= 0.3 is 7.12 Å². The summed E-state index contributed by atoms with van der Waals surface area (Å²) in [6.07, 6.45) is 6.87. The van der Waals surface area contributed by atoms with Gasteiger partial charge in [-0.2, -0.15) is 0 Å². The van der Waals surface area contributed by atoms with Gasteiger partial charge in [0.25, 0.3) is 0 Å². The van der Waals surface area contributed by atoms with Crippen LogP contribution in [-0.2, 0) is 0 Å². The Hall–Kier alpha value is -0.995. The molecule has 112 valence electrons. The molecule has 3 nitrogen and oxygen atoms in total. The molecular formula is C17H23BO3. The molecule has 2 N–H and O–H groups in total. The second kappa shape index (κ2) is 5.03. The summed E-state index contributed by atoms with van der Waals surface area (Å²) in [5.41, 5.74) is 1.79. The Balaban J connectivity index is 1.73. The van der Waals surface area contributed by atoms with Crippen LogP contribution in [0.2, 0.25) is 0 Å². The van der Waals surface area contributed by atoms with E-state index in [9.17, 15) is 10.0 Å². The molecule has 0 aromatic heterocycles. The van der Waals surface area contributed by atoms with Crippen LogP contribution >= 0.6 is 0 Å². The molecule has 0 amide bonds. The van der Waals surface area contributed by atoms with E-state index in [2.05, 4.69) is 0 Å². The minimum Gasteiger partial charge on any atom is -0.496 e. The quantitative estimate of drug-likeness (QED) is 0.835. The van der Waals surface area contributed by atoms with E-state index in [-0.39, 0.29) is 0 Å². The molecule has 0 atom stereocenters. The summed E-state index contributed by atoms with van der Waals surface area (Å²) in [5, 5.41) is 19.0. The van der Waals surface area contributed by atoms with Gasteiger partial charge < -0.3 is 14.8 Å². The predicted molar refractivity (Wildman–Crippen MR) is 82.6 cm³/mol. The van der Waals surface area contributed by atoms with Crippen LogP contribution in [0.1, 0.15) is 43.6 Å². The van der Waals surface area contributed by atoms with E-state index in [1.165, 1.54) is 37.7 Å². The number of methoxy groups -OCH3 is 1. The molecule has 21 heavy (non-hydrogen) atoms. The number of ether oxygens (including phenoxy) is 1. The van der Waals surface area contributed by atoms with Gasteiger partial charge in [-0.05, 0) is 78.8 Å². The van der Waals surface area contributed by atoms with Crippen molar-refractivity contribution in [2.45, 2.75) is 38.0 Å². The summed E-state index contributed by atoms with van der Waals surface area (Å²) in [5.74, 6) is 4.88. The lowest BCUT2D eigenvalue weighted by Crippen LogP contribution is -2.44. The number of rotatable bonds is 3. The Morgan fingerprint density at radius 2 is 1.62 bits per heavy atom. The molecule has 0 spiro atoms. The summed E-state index contributed by atoms with van der Waals surface area (Å²) >= 11 is 0. The fourth-order valence-corrected chi connectivity index (χ4v) is 5.61. The normalized spacial score (nSPS) is 36.8. The number of hydrogen-bond donors (Lipinski definition) is 2. The van der Waals surface area contributed by atoms with Crippen LogP contribution in [-0.4, -0.2) is 24.3 Å². The summed E-state index contributed by atoms with van der Waals surface area (Å²) in [6.45, 7) is 0. The molecule has 5 rings (SSSR count). The van der Waals surface area contributed by atoms with Gasteiger partial charge in [-0.3, -0.25) is 0 Å². The Morgan fingerprint density at radius 1 is 1.00 bits per heavy atom. The Labute approximate surface area is 126 Å². The lowest BCUT2D eigenvalue weighted by molar-refractivity contribution is -0.00345. The highest BCUT2D eigenvalue weighted by Gasteiger charge is 2.49. The average molecular weight is 286 g/mol. The largest absolute Gasteiger partial charge is 0.496 e. The van der Waals surface area contributed by atoms with Gasteiger partial charge in [0.1, 0.15) is 5.75 Å². The Bertz CT molecular complexity index is 515. The van der Waals surface area contributed by atoms with Crippen LogP contribution in [0.15, 0.2) is 18.2 Å². The van der Waals surface area contributed by atoms with Gasteiger partial charge in [0.2, 0.25) is 0 Å². The predicted octanol–water partition coefficient (Wildman–Crippen LogP) is 1.91. The fraction of sp³-hybridized carbons (Fsp3) is 0.647. The summed E-state index contributed by atoms with van der Waals surface area (Å²) in [7, 11) is 0.315. The van der Waals surface area contributed by atoms with Crippen LogP contribution in [0.4, 0.5) is 0 Å². The molecule has 0 heterocycles. The highest BCUT2D eigenvalue weighted by Crippen LogP contribution is 2.60. The smallest absolute Gasteiger partial charge is 0.488 e. The van der Waals surface area contributed by atoms with Crippen molar-refractivity contribution < 1.29 is 14.8 Å². The van der Waals surface area contributed by atoms with Gasteiger partial charge in [0, 0.05) is 0 Å². The third-order valence-corrected chi connectivity index (χ3v) is 6.14. The molecule has 0 radical (unpaired) electrons. The van der Waals surface area contributed by atoms with E-state index in [1.807, 2.05) is 12.1 Å². The zero-order valence-electron chi connectivity index (χ0n) is 12.5. The third kappa shape index (κ3) is 2.20. The van der Waals surface area contributed by atoms with Crippen LogP contribution in [0, 0.1) is 23.7 Å². The third-order valence-electron chi connectivity index (χ3n) is 6.14. The molecule has 0 saturated heterocycles. The fourth-order valence-electron chi connectivity index (χ4n) is 5.61. The van der Waals surface area contributed by atoms with E-state index >= 15 is 0 Å². The van der Waals surface area contributed by atoms with Gasteiger partial charge in [-0.1, -0.05) is 12.1 Å². The zero-order chi connectivity index (χ0) is 14.6. The molecule has 1 aromatic rings. The van der Waals surface area contributed by atoms with Crippen molar-refractivity contribution in [1.29, 1.82) is 0 Å². The first-order chi connectivity index (χ1) is 10.2. The summed E-state index contributed by atoms with van der Waals surface area (Å²) in [4.78, 5) is 0. The first-order valence-electron chi connectivity index (χ1n) is 8.19. The van der Waals surface area contributed by atoms with Gasteiger partial charge in [0.05, 0.1) is 7.11 Å². The molecule has 4 aliphatic rings. The van der Waals surface area contributed by atoms with Crippen LogP contribution in [0.25, 0.3) is 0 Å². The van der Waals surface area contributed by atoms with E-state index in [0.717, 1.165) is 29.4 Å². The van der Waals surface area contributed by atoms with Crippen molar-refractivity contribution in [3.05, 3.63) is 23.8 Å². The molecule has 4 saturated carbocycles. The number of benzene rings is 1. The molecule has 4 aliphatic carbocycles. The standard InChI is InChI=1S/C17H23BO3/c1-21-16-3-2-14(18(19)20)9-15(16)17-12-5-10-4-11(7-12)8-13(17)6-10/h2-3,9-13,17,19-20H,4-8H2,1H3. The minimum absolute atomic E-state index is 0.548. The van der Waals surface area contributed by atoms with Crippen molar-refractivity contribution >= 4 is 12.6 Å². The summed E-state index contributed by atoms with van der Waals surface area (Å²) < 4.78 is 5.57. The van der Waals surface area contributed by atoms with Crippen molar-refractivity contribution in [3.63, 3.8) is 0 Å². The van der Waals surface area contributed by atoms with Crippen molar-refractivity contribution in [2.24, 2.45) is 23.7 Å². The maximum atomic E-state index is 9.48. The number of hydrogen-bond acceptors (Lipinski definition) is 3. The van der Waals surface area contributed by atoms with Gasteiger partial charge in [-0.15, -0.1) is 0 Å². The van der Waals surface area contributed by atoms with Gasteiger partial charge in [-0.25, -0.2) is 0 Å². The van der Waals surface area contributed by atoms with Gasteiger partial charge in [0.15, 0.2) is 0 Å². The molecule has 4 bridgehead atoms. The van der Waals surface area contributed by atoms with Crippen molar-refractivity contribution in [3.8, 4) is 5.75 Å². The van der Waals surface area contributed by atoms with Crippen LogP contribution in [0.3, 0.4) is 0 Å². The highest BCUT2D eigenvalue weighted by molar-refractivity contribution is 6.58. The lowest BCUT2D eigenvalue weighted by Gasteiger charge is -2.54. The van der Waals surface area contributed by atoms with Crippen LogP contribution < -0.4 is 10.2 Å². The molecule has 0 unspecified atom stereocenters. The topological polar surface area (TPSA) is 49.7 Å². The molecule has 4 heteroatoms.